The molecule has 0 saturated heterocycles. The topological polar surface area (TPSA) is 26.3 Å². The number of ketones is 1. The van der Waals surface area contributed by atoms with Crippen LogP contribution in [0.1, 0.15) is 54.4 Å². The molecule has 126 valence electrons. The van der Waals surface area contributed by atoms with Gasteiger partial charge in [0.1, 0.15) is 5.82 Å². The number of methoxy groups -OCH3 is 1. The van der Waals surface area contributed by atoms with Crippen molar-refractivity contribution in [3.8, 4) is 11.1 Å². The number of carbonyl (C=O) groups excluding carboxylic acids is 1. The Kier molecular flexibility index (Phi) is 5.10. The highest BCUT2D eigenvalue weighted by atomic mass is 19.1. The molecule has 1 aliphatic rings. The van der Waals surface area contributed by atoms with Crippen molar-refractivity contribution in [3.05, 3.63) is 59.4 Å². The minimum absolute atomic E-state index is 0.0176. The van der Waals surface area contributed by atoms with Gasteiger partial charge in [0.15, 0.2) is 5.78 Å². The van der Waals surface area contributed by atoms with Gasteiger partial charge in [0, 0.05) is 18.2 Å². The summed E-state index contributed by atoms with van der Waals surface area (Å²) < 4.78 is 20.0. The molecule has 2 nitrogen and oxygen atoms in total. The first-order valence-corrected chi connectivity index (χ1v) is 8.52. The monoisotopic (exact) mass is 326 g/mol. The van der Waals surface area contributed by atoms with Crippen molar-refractivity contribution in [2.45, 2.75) is 44.6 Å². The minimum Gasteiger partial charge on any atom is -0.381 e. The molecule has 0 aromatic heterocycles. The number of carbonyl (C=O) groups is 1. The van der Waals surface area contributed by atoms with Gasteiger partial charge in [0.2, 0.25) is 0 Å². The third kappa shape index (κ3) is 3.57. The lowest BCUT2D eigenvalue weighted by atomic mass is 9.82. The molecular weight excluding hydrogens is 303 g/mol. The van der Waals surface area contributed by atoms with Gasteiger partial charge < -0.3 is 4.74 Å². The van der Waals surface area contributed by atoms with Crippen LogP contribution in [0.4, 0.5) is 4.39 Å². The standard InChI is InChI=1S/C21H23FO2/c1-14(23)15-3-5-17(6-4-15)20-12-9-18(13-21(20)22)16-7-10-19(24-2)11-8-16/h3-6,9,12-13,16,19H,7-8,10-11H2,1-2H3/t16-,19-. The van der Waals surface area contributed by atoms with Crippen LogP contribution in [-0.2, 0) is 4.74 Å². The van der Waals surface area contributed by atoms with Gasteiger partial charge in [-0.15, -0.1) is 0 Å². The van der Waals surface area contributed by atoms with E-state index in [4.69, 9.17) is 4.74 Å². The van der Waals surface area contributed by atoms with Gasteiger partial charge in [0.05, 0.1) is 6.10 Å². The van der Waals surface area contributed by atoms with Crippen LogP contribution in [0.2, 0.25) is 0 Å². The lowest BCUT2D eigenvalue weighted by Gasteiger charge is -2.28. The Morgan fingerprint density at radius 3 is 2.25 bits per heavy atom. The zero-order valence-electron chi connectivity index (χ0n) is 14.2. The molecule has 0 N–H and O–H groups in total. The van der Waals surface area contributed by atoms with E-state index in [0.29, 0.717) is 23.1 Å². The van der Waals surface area contributed by atoms with Crippen LogP contribution in [-0.4, -0.2) is 19.0 Å². The summed E-state index contributed by atoms with van der Waals surface area (Å²) in [5.74, 6) is 0.237. The SMILES string of the molecule is CO[C@H]1CC[C@H](c2ccc(-c3ccc(C(C)=O)cc3)c(F)c2)CC1. The Morgan fingerprint density at radius 1 is 1.04 bits per heavy atom. The molecule has 24 heavy (non-hydrogen) atoms. The van der Waals surface area contributed by atoms with Crippen molar-refractivity contribution < 1.29 is 13.9 Å². The summed E-state index contributed by atoms with van der Waals surface area (Å²) >= 11 is 0. The van der Waals surface area contributed by atoms with E-state index in [1.165, 1.54) is 6.92 Å². The second-order valence-electron chi connectivity index (χ2n) is 6.58. The van der Waals surface area contributed by atoms with Crippen LogP contribution in [0, 0.1) is 5.82 Å². The Balaban J connectivity index is 1.78. The minimum atomic E-state index is -0.197. The molecule has 0 heterocycles. The second kappa shape index (κ2) is 7.27. The van der Waals surface area contributed by atoms with E-state index in [0.717, 1.165) is 36.8 Å². The fraction of sp³-hybridized carbons (Fsp3) is 0.381. The summed E-state index contributed by atoms with van der Waals surface area (Å²) in [6.07, 6.45) is 4.52. The molecular formula is C21H23FO2. The molecule has 0 amide bonds. The molecule has 1 saturated carbocycles. The summed E-state index contributed by atoms with van der Waals surface area (Å²) in [7, 11) is 1.76. The molecule has 2 aromatic carbocycles. The highest BCUT2D eigenvalue weighted by molar-refractivity contribution is 5.94. The third-order valence-electron chi connectivity index (χ3n) is 5.07. The number of rotatable bonds is 4. The summed E-state index contributed by atoms with van der Waals surface area (Å²) in [6.45, 7) is 1.53. The molecule has 0 bridgehead atoms. The first-order chi connectivity index (χ1) is 11.6. The van der Waals surface area contributed by atoms with Gasteiger partial charge in [-0.05, 0) is 55.7 Å². The van der Waals surface area contributed by atoms with Crippen molar-refractivity contribution in [3.63, 3.8) is 0 Å². The third-order valence-corrected chi connectivity index (χ3v) is 5.07. The maximum atomic E-state index is 14.6. The number of ether oxygens (including phenoxy) is 1. The van der Waals surface area contributed by atoms with Gasteiger partial charge in [0.25, 0.3) is 0 Å². The summed E-state index contributed by atoms with van der Waals surface area (Å²) in [5, 5.41) is 0. The molecule has 0 unspecified atom stereocenters. The fourth-order valence-corrected chi connectivity index (χ4v) is 3.54. The maximum Gasteiger partial charge on any atom is 0.159 e. The van der Waals surface area contributed by atoms with Crippen molar-refractivity contribution in [2.75, 3.05) is 7.11 Å². The Bertz CT molecular complexity index is 713. The van der Waals surface area contributed by atoms with Crippen molar-refractivity contribution in [1.29, 1.82) is 0 Å². The van der Waals surface area contributed by atoms with E-state index < -0.39 is 0 Å². The van der Waals surface area contributed by atoms with E-state index in [9.17, 15) is 9.18 Å². The zero-order chi connectivity index (χ0) is 17.1. The van der Waals surface area contributed by atoms with Gasteiger partial charge in [-0.3, -0.25) is 4.79 Å². The van der Waals surface area contributed by atoms with Crippen molar-refractivity contribution >= 4 is 5.78 Å². The number of hydrogen-bond donors (Lipinski definition) is 0. The quantitative estimate of drug-likeness (QED) is 0.706. The molecule has 0 spiro atoms. The molecule has 2 aromatic rings. The first-order valence-electron chi connectivity index (χ1n) is 8.52. The predicted molar refractivity (Wildman–Crippen MR) is 93.8 cm³/mol. The van der Waals surface area contributed by atoms with E-state index in [2.05, 4.69) is 0 Å². The summed E-state index contributed by atoms with van der Waals surface area (Å²) in [4.78, 5) is 11.3. The van der Waals surface area contributed by atoms with E-state index in [1.54, 1.807) is 37.4 Å². The van der Waals surface area contributed by atoms with Crippen LogP contribution in [0.15, 0.2) is 42.5 Å². The zero-order valence-corrected chi connectivity index (χ0v) is 14.2. The largest absolute Gasteiger partial charge is 0.381 e. The number of halogens is 1. The Hall–Kier alpha value is -2.00. The Labute approximate surface area is 142 Å². The highest BCUT2D eigenvalue weighted by Crippen LogP contribution is 2.35. The molecule has 3 rings (SSSR count). The van der Waals surface area contributed by atoms with Crippen molar-refractivity contribution in [2.24, 2.45) is 0 Å². The van der Waals surface area contributed by atoms with Crippen LogP contribution in [0.3, 0.4) is 0 Å². The van der Waals surface area contributed by atoms with Gasteiger partial charge >= 0.3 is 0 Å². The molecule has 1 fully saturated rings. The van der Waals surface area contributed by atoms with Crippen molar-refractivity contribution in [1.82, 2.24) is 0 Å². The maximum absolute atomic E-state index is 14.6. The summed E-state index contributed by atoms with van der Waals surface area (Å²) in [6, 6.07) is 12.7. The summed E-state index contributed by atoms with van der Waals surface area (Å²) in [5.41, 5.74) is 3.10. The fourth-order valence-electron chi connectivity index (χ4n) is 3.54. The average molecular weight is 326 g/mol. The number of hydrogen-bond acceptors (Lipinski definition) is 2. The van der Waals surface area contributed by atoms with Crippen LogP contribution >= 0.6 is 0 Å². The molecule has 0 radical (unpaired) electrons. The molecule has 3 heteroatoms. The normalized spacial score (nSPS) is 20.8. The van der Waals surface area contributed by atoms with E-state index in [1.807, 2.05) is 12.1 Å². The molecule has 1 aliphatic carbocycles. The van der Waals surface area contributed by atoms with Crippen LogP contribution < -0.4 is 0 Å². The van der Waals surface area contributed by atoms with Crippen LogP contribution in [0.5, 0.6) is 0 Å². The Morgan fingerprint density at radius 2 is 1.71 bits per heavy atom. The van der Waals surface area contributed by atoms with E-state index >= 15 is 0 Å². The first kappa shape index (κ1) is 16.8. The van der Waals surface area contributed by atoms with E-state index in [-0.39, 0.29) is 11.6 Å². The van der Waals surface area contributed by atoms with Gasteiger partial charge in [-0.2, -0.15) is 0 Å². The molecule has 0 aliphatic heterocycles. The smallest absolute Gasteiger partial charge is 0.159 e. The van der Waals surface area contributed by atoms with Gasteiger partial charge in [-0.1, -0.05) is 36.4 Å². The lowest BCUT2D eigenvalue weighted by molar-refractivity contribution is 0.0658. The van der Waals surface area contributed by atoms with Crippen LogP contribution in [0.25, 0.3) is 11.1 Å². The number of Topliss-reactive ketones (excluding diaryl/α,β-unsaturated/α-hetero) is 1. The molecule has 0 atom stereocenters. The average Bonchev–Trinajstić information content (AvgIpc) is 2.62. The predicted octanol–water partition coefficient (Wildman–Crippen LogP) is 5.37. The lowest BCUT2D eigenvalue weighted by Crippen LogP contribution is -2.19. The second-order valence-corrected chi connectivity index (χ2v) is 6.58. The number of benzene rings is 2. The highest BCUT2D eigenvalue weighted by Gasteiger charge is 2.22. The van der Waals surface area contributed by atoms with Gasteiger partial charge in [-0.25, -0.2) is 4.39 Å².